The van der Waals surface area contributed by atoms with Gasteiger partial charge < -0.3 is 14.5 Å². The molecule has 1 saturated heterocycles. The van der Waals surface area contributed by atoms with Gasteiger partial charge in [-0.15, -0.1) is 0 Å². The van der Waals surface area contributed by atoms with Gasteiger partial charge in [-0.2, -0.15) is 0 Å². The number of nitrogens with zero attached hydrogens (tertiary/aromatic N) is 3. The van der Waals surface area contributed by atoms with Crippen LogP contribution in [0.1, 0.15) is 65.9 Å². The number of ether oxygens (including phenoxy) is 1. The molecule has 29 heavy (non-hydrogen) atoms. The zero-order valence-electron chi connectivity index (χ0n) is 19.2. The van der Waals surface area contributed by atoms with Gasteiger partial charge >= 0.3 is 6.09 Å². The fourth-order valence-corrected chi connectivity index (χ4v) is 3.68. The third-order valence-corrected chi connectivity index (χ3v) is 5.31. The lowest BCUT2D eigenvalue weighted by atomic mass is 10.1. The fraction of sp³-hybridized carbons (Fsp3) is 0.708. The molecule has 0 atom stereocenters. The molecule has 5 nitrogen and oxygen atoms in total. The molecule has 0 spiro atoms. The summed E-state index contributed by atoms with van der Waals surface area (Å²) in [6, 6.07) is 8.77. The second kappa shape index (κ2) is 11.4. The van der Waals surface area contributed by atoms with Crippen molar-refractivity contribution in [2.45, 2.75) is 72.4 Å². The van der Waals surface area contributed by atoms with Gasteiger partial charge in [0.2, 0.25) is 0 Å². The van der Waals surface area contributed by atoms with E-state index in [0.717, 1.165) is 32.7 Å². The summed E-state index contributed by atoms with van der Waals surface area (Å²) in [6.07, 6.45) is 4.77. The Hall–Kier alpha value is -1.75. The Kier molecular flexibility index (Phi) is 9.28. The number of unbranched alkanes of at least 4 members (excludes halogenated alkanes) is 2. The molecule has 1 aliphatic heterocycles. The summed E-state index contributed by atoms with van der Waals surface area (Å²) in [7, 11) is 0. The summed E-state index contributed by atoms with van der Waals surface area (Å²) in [5, 5.41) is 0. The predicted octanol–water partition coefficient (Wildman–Crippen LogP) is 5.15. The number of para-hydroxylation sites is 1. The van der Waals surface area contributed by atoms with Gasteiger partial charge in [0.1, 0.15) is 5.60 Å². The SMILES string of the molecule is CCCCN(CCCC)Cc1ccccc1N1CCN(C(=O)OC(C)(C)C)CC1. The maximum atomic E-state index is 12.3. The summed E-state index contributed by atoms with van der Waals surface area (Å²) in [4.78, 5) is 19.2. The molecule has 0 unspecified atom stereocenters. The van der Waals surface area contributed by atoms with Crippen LogP contribution in [-0.4, -0.2) is 60.8 Å². The number of rotatable bonds is 9. The van der Waals surface area contributed by atoms with Crippen molar-refractivity contribution in [3.8, 4) is 0 Å². The first kappa shape index (κ1) is 23.5. The van der Waals surface area contributed by atoms with Crippen molar-refractivity contribution in [1.82, 2.24) is 9.80 Å². The monoisotopic (exact) mass is 403 g/mol. The fourth-order valence-electron chi connectivity index (χ4n) is 3.68. The van der Waals surface area contributed by atoms with Gasteiger partial charge in [0, 0.05) is 38.4 Å². The molecule has 0 saturated carbocycles. The molecule has 1 aromatic rings. The summed E-state index contributed by atoms with van der Waals surface area (Å²) in [6.45, 7) is 16.7. The highest BCUT2D eigenvalue weighted by atomic mass is 16.6. The van der Waals surface area contributed by atoms with Crippen LogP contribution < -0.4 is 4.90 Å². The summed E-state index contributed by atoms with van der Waals surface area (Å²) in [5.41, 5.74) is 2.26. The number of anilines is 1. The van der Waals surface area contributed by atoms with E-state index in [1.54, 1.807) is 0 Å². The van der Waals surface area contributed by atoms with E-state index in [9.17, 15) is 4.79 Å². The maximum Gasteiger partial charge on any atom is 0.410 e. The van der Waals surface area contributed by atoms with Gasteiger partial charge in [-0.3, -0.25) is 4.90 Å². The average molecular weight is 404 g/mol. The molecule has 1 aliphatic rings. The van der Waals surface area contributed by atoms with Crippen LogP contribution in [0.2, 0.25) is 0 Å². The molecule has 0 bridgehead atoms. The third kappa shape index (κ3) is 7.88. The average Bonchev–Trinajstić information content (AvgIpc) is 2.69. The summed E-state index contributed by atoms with van der Waals surface area (Å²) < 4.78 is 5.53. The Bertz CT molecular complexity index is 611. The van der Waals surface area contributed by atoms with Crippen molar-refractivity contribution in [3.63, 3.8) is 0 Å². The molecule has 0 N–H and O–H groups in total. The van der Waals surface area contributed by atoms with Crippen molar-refractivity contribution in [3.05, 3.63) is 29.8 Å². The van der Waals surface area contributed by atoms with E-state index in [-0.39, 0.29) is 6.09 Å². The number of hydrogen-bond acceptors (Lipinski definition) is 4. The van der Waals surface area contributed by atoms with Gasteiger partial charge in [0.05, 0.1) is 0 Å². The second-order valence-corrected chi connectivity index (χ2v) is 9.07. The number of carbonyl (C=O) groups is 1. The lowest BCUT2D eigenvalue weighted by molar-refractivity contribution is 0.0240. The minimum absolute atomic E-state index is 0.198. The van der Waals surface area contributed by atoms with Crippen molar-refractivity contribution in [2.24, 2.45) is 0 Å². The molecule has 1 fully saturated rings. The Morgan fingerprint density at radius 2 is 1.59 bits per heavy atom. The van der Waals surface area contributed by atoms with Crippen LogP contribution in [0.3, 0.4) is 0 Å². The minimum Gasteiger partial charge on any atom is -0.444 e. The molecule has 0 radical (unpaired) electrons. The summed E-state index contributed by atoms with van der Waals surface area (Å²) in [5.74, 6) is 0. The van der Waals surface area contributed by atoms with Gasteiger partial charge in [0.25, 0.3) is 0 Å². The van der Waals surface area contributed by atoms with Crippen LogP contribution in [0.15, 0.2) is 24.3 Å². The molecule has 2 rings (SSSR count). The molecule has 0 aromatic heterocycles. The standard InChI is InChI=1S/C24H41N3O2/c1-6-8-14-25(15-9-7-2)20-21-12-10-11-13-22(21)26-16-18-27(19-17-26)23(28)29-24(3,4)5/h10-13H,6-9,14-20H2,1-5H3. The van der Waals surface area contributed by atoms with Crippen molar-refractivity contribution < 1.29 is 9.53 Å². The zero-order chi connectivity index (χ0) is 21.3. The first-order valence-corrected chi connectivity index (χ1v) is 11.4. The Labute approximate surface area is 178 Å². The van der Waals surface area contributed by atoms with E-state index in [2.05, 4.69) is 47.9 Å². The van der Waals surface area contributed by atoms with E-state index in [0.29, 0.717) is 13.1 Å². The third-order valence-electron chi connectivity index (χ3n) is 5.31. The Balaban J connectivity index is 2.00. The van der Waals surface area contributed by atoms with Crippen LogP contribution in [-0.2, 0) is 11.3 Å². The van der Waals surface area contributed by atoms with E-state index in [4.69, 9.17) is 4.74 Å². The maximum absolute atomic E-state index is 12.3. The van der Waals surface area contributed by atoms with Crippen LogP contribution in [0.5, 0.6) is 0 Å². The van der Waals surface area contributed by atoms with E-state index in [1.165, 1.54) is 36.9 Å². The smallest absolute Gasteiger partial charge is 0.410 e. The van der Waals surface area contributed by atoms with E-state index in [1.807, 2.05) is 25.7 Å². The van der Waals surface area contributed by atoms with Gasteiger partial charge in [0.15, 0.2) is 0 Å². The molecule has 5 heteroatoms. The van der Waals surface area contributed by atoms with Crippen LogP contribution in [0, 0.1) is 0 Å². The van der Waals surface area contributed by atoms with Crippen LogP contribution in [0.25, 0.3) is 0 Å². The molecule has 1 heterocycles. The molecular weight excluding hydrogens is 362 g/mol. The van der Waals surface area contributed by atoms with Crippen LogP contribution in [0.4, 0.5) is 10.5 Å². The highest BCUT2D eigenvalue weighted by Crippen LogP contribution is 2.24. The van der Waals surface area contributed by atoms with Gasteiger partial charge in [-0.25, -0.2) is 4.79 Å². The lowest BCUT2D eigenvalue weighted by Gasteiger charge is -2.38. The first-order valence-electron chi connectivity index (χ1n) is 11.4. The first-order chi connectivity index (χ1) is 13.8. The van der Waals surface area contributed by atoms with E-state index >= 15 is 0 Å². The number of amides is 1. The number of carbonyl (C=O) groups excluding carboxylic acids is 1. The van der Waals surface area contributed by atoms with Gasteiger partial charge in [-0.05, 0) is 58.3 Å². The lowest BCUT2D eigenvalue weighted by Crippen LogP contribution is -2.50. The molecule has 1 amide bonds. The van der Waals surface area contributed by atoms with Gasteiger partial charge in [-0.1, -0.05) is 44.9 Å². The molecular formula is C24H41N3O2. The highest BCUT2D eigenvalue weighted by Gasteiger charge is 2.26. The Morgan fingerprint density at radius 3 is 2.14 bits per heavy atom. The highest BCUT2D eigenvalue weighted by molar-refractivity contribution is 5.68. The second-order valence-electron chi connectivity index (χ2n) is 9.07. The Morgan fingerprint density at radius 1 is 1.00 bits per heavy atom. The zero-order valence-corrected chi connectivity index (χ0v) is 19.2. The van der Waals surface area contributed by atoms with Crippen molar-refractivity contribution in [2.75, 3.05) is 44.2 Å². The predicted molar refractivity (Wildman–Crippen MR) is 122 cm³/mol. The quantitative estimate of drug-likeness (QED) is 0.571. The van der Waals surface area contributed by atoms with E-state index < -0.39 is 5.60 Å². The van der Waals surface area contributed by atoms with Crippen LogP contribution >= 0.6 is 0 Å². The number of benzene rings is 1. The summed E-state index contributed by atoms with van der Waals surface area (Å²) >= 11 is 0. The topological polar surface area (TPSA) is 36.0 Å². The van der Waals surface area contributed by atoms with Crippen molar-refractivity contribution in [1.29, 1.82) is 0 Å². The number of piperazine rings is 1. The van der Waals surface area contributed by atoms with Crippen molar-refractivity contribution >= 4 is 11.8 Å². The molecule has 164 valence electrons. The largest absolute Gasteiger partial charge is 0.444 e. The molecule has 0 aliphatic carbocycles. The minimum atomic E-state index is -0.443. The number of hydrogen-bond donors (Lipinski definition) is 0. The molecule has 1 aromatic carbocycles. The normalized spacial score (nSPS) is 15.1.